The second kappa shape index (κ2) is 7.63. The Balaban J connectivity index is 3.30. The molecule has 0 rings (SSSR count). The summed E-state index contributed by atoms with van der Waals surface area (Å²) >= 11 is 5.76. The van der Waals surface area contributed by atoms with E-state index in [4.69, 9.17) is 11.6 Å². The molecule has 0 aromatic rings. The van der Waals surface area contributed by atoms with Gasteiger partial charge in [0, 0.05) is 0 Å². The molecule has 0 aliphatic heterocycles. The summed E-state index contributed by atoms with van der Waals surface area (Å²) in [4.78, 5) is 0. The zero-order chi connectivity index (χ0) is 9.40. The van der Waals surface area contributed by atoms with E-state index in [1.165, 1.54) is 19.3 Å². The Kier molecular flexibility index (Phi) is 7.62. The summed E-state index contributed by atoms with van der Waals surface area (Å²) in [6.45, 7) is 5.71. The number of hydrogen-bond acceptors (Lipinski definition) is 1. The van der Waals surface area contributed by atoms with Gasteiger partial charge in [-0.05, 0) is 6.42 Å². The molecule has 2 heteroatoms. The molecule has 0 bridgehead atoms. The van der Waals surface area contributed by atoms with Crippen LogP contribution in [-0.2, 0) is 0 Å². The van der Waals surface area contributed by atoms with Crippen molar-refractivity contribution >= 4 is 11.6 Å². The van der Waals surface area contributed by atoms with Gasteiger partial charge in [-0.2, -0.15) is 0 Å². The zero-order valence-corrected chi connectivity index (χ0v) is 8.56. The van der Waals surface area contributed by atoms with Crippen LogP contribution in [0.4, 0.5) is 0 Å². The van der Waals surface area contributed by atoms with Crippen LogP contribution in [0.3, 0.4) is 0 Å². The lowest BCUT2D eigenvalue weighted by atomic mass is 10.1. The predicted octanol–water partition coefficient (Wildman–Crippen LogP) is 3.11. The third-order valence-electron chi connectivity index (χ3n) is 1.95. The molecule has 0 aliphatic rings. The number of rotatable bonds is 7. The summed E-state index contributed by atoms with van der Waals surface area (Å²) in [6, 6.07) is 0. The third-order valence-corrected chi connectivity index (χ3v) is 2.42. The SMILES string of the molecule is C=C[C@@H](Cl)[C@H](O)CCCCCC. The molecule has 0 aromatic carbocycles. The summed E-state index contributed by atoms with van der Waals surface area (Å²) in [5.41, 5.74) is 0. The molecule has 1 nitrogen and oxygen atoms in total. The van der Waals surface area contributed by atoms with Gasteiger partial charge in [0.1, 0.15) is 0 Å². The Morgan fingerprint density at radius 1 is 1.42 bits per heavy atom. The van der Waals surface area contributed by atoms with E-state index in [1.807, 2.05) is 0 Å². The topological polar surface area (TPSA) is 20.2 Å². The van der Waals surface area contributed by atoms with E-state index in [9.17, 15) is 5.11 Å². The molecule has 12 heavy (non-hydrogen) atoms. The molecule has 0 amide bonds. The fourth-order valence-corrected chi connectivity index (χ4v) is 1.22. The van der Waals surface area contributed by atoms with Gasteiger partial charge >= 0.3 is 0 Å². The molecule has 2 atom stereocenters. The lowest BCUT2D eigenvalue weighted by Gasteiger charge is -2.12. The quantitative estimate of drug-likeness (QED) is 0.372. The number of unbranched alkanes of at least 4 members (excludes halogenated alkanes) is 3. The first-order valence-corrected chi connectivity index (χ1v) is 5.10. The van der Waals surface area contributed by atoms with E-state index in [0.29, 0.717) is 0 Å². The van der Waals surface area contributed by atoms with Gasteiger partial charge in [0.2, 0.25) is 0 Å². The summed E-state index contributed by atoms with van der Waals surface area (Å²) in [5, 5.41) is 9.13. The van der Waals surface area contributed by atoms with E-state index in [-0.39, 0.29) is 5.38 Å². The van der Waals surface area contributed by atoms with E-state index in [2.05, 4.69) is 13.5 Å². The second-order valence-corrected chi connectivity index (χ2v) is 3.60. The Labute approximate surface area is 80.4 Å². The Morgan fingerprint density at radius 3 is 2.58 bits per heavy atom. The van der Waals surface area contributed by atoms with Crippen LogP contribution >= 0.6 is 11.6 Å². The van der Waals surface area contributed by atoms with Gasteiger partial charge in [-0.3, -0.25) is 0 Å². The van der Waals surface area contributed by atoms with Crippen molar-refractivity contribution < 1.29 is 5.11 Å². The molecule has 0 aliphatic carbocycles. The average molecular weight is 191 g/mol. The van der Waals surface area contributed by atoms with Crippen LogP contribution in [0.25, 0.3) is 0 Å². The van der Waals surface area contributed by atoms with Crippen LogP contribution in [0.5, 0.6) is 0 Å². The van der Waals surface area contributed by atoms with Crippen LogP contribution in [0.2, 0.25) is 0 Å². The van der Waals surface area contributed by atoms with Crippen LogP contribution in [-0.4, -0.2) is 16.6 Å². The molecule has 1 N–H and O–H groups in total. The average Bonchev–Trinajstić information content (AvgIpc) is 2.10. The zero-order valence-electron chi connectivity index (χ0n) is 7.80. The Hall–Kier alpha value is -0.0100. The smallest absolute Gasteiger partial charge is 0.0772 e. The highest BCUT2D eigenvalue weighted by Crippen LogP contribution is 2.12. The second-order valence-electron chi connectivity index (χ2n) is 3.10. The number of aliphatic hydroxyl groups is 1. The van der Waals surface area contributed by atoms with Gasteiger partial charge in [-0.1, -0.05) is 38.7 Å². The normalized spacial score (nSPS) is 15.6. The monoisotopic (exact) mass is 190 g/mol. The minimum Gasteiger partial charge on any atom is -0.391 e. The summed E-state index contributed by atoms with van der Waals surface area (Å²) in [5.74, 6) is 0. The summed E-state index contributed by atoms with van der Waals surface area (Å²) < 4.78 is 0. The number of halogens is 1. The Bertz CT molecular complexity index is 114. The van der Waals surface area contributed by atoms with Crippen molar-refractivity contribution in [2.24, 2.45) is 0 Å². The molecule has 72 valence electrons. The first-order chi connectivity index (χ1) is 5.72. The molecular weight excluding hydrogens is 172 g/mol. The van der Waals surface area contributed by atoms with E-state index < -0.39 is 6.10 Å². The minimum absolute atomic E-state index is 0.286. The largest absolute Gasteiger partial charge is 0.391 e. The maximum Gasteiger partial charge on any atom is 0.0772 e. The maximum atomic E-state index is 9.41. The van der Waals surface area contributed by atoms with E-state index in [0.717, 1.165) is 12.8 Å². The number of alkyl halides is 1. The highest BCUT2D eigenvalue weighted by molar-refractivity contribution is 6.22. The van der Waals surface area contributed by atoms with E-state index in [1.54, 1.807) is 6.08 Å². The lowest BCUT2D eigenvalue weighted by molar-refractivity contribution is 0.167. The first-order valence-electron chi connectivity index (χ1n) is 4.67. The van der Waals surface area contributed by atoms with Crippen molar-refractivity contribution in [1.29, 1.82) is 0 Å². The molecule has 0 radical (unpaired) electrons. The summed E-state index contributed by atoms with van der Waals surface area (Å²) in [7, 11) is 0. The van der Waals surface area contributed by atoms with Crippen molar-refractivity contribution in [2.75, 3.05) is 0 Å². The van der Waals surface area contributed by atoms with Gasteiger partial charge in [-0.25, -0.2) is 0 Å². The lowest BCUT2D eigenvalue weighted by Crippen LogP contribution is -2.18. The number of aliphatic hydroxyl groups excluding tert-OH is 1. The van der Waals surface area contributed by atoms with Crippen molar-refractivity contribution in [2.45, 2.75) is 50.5 Å². The van der Waals surface area contributed by atoms with Crippen molar-refractivity contribution in [3.05, 3.63) is 12.7 Å². The van der Waals surface area contributed by atoms with Gasteiger partial charge in [-0.15, -0.1) is 18.2 Å². The maximum absolute atomic E-state index is 9.41. The predicted molar refractivity (Wildman–Crippen MR) is 54.6 cm³/mol. The molecule has 0 spiro atoms. The van der Waals surface area contributed by atoms with Gasteiger partial charge < -0.3 is 5.11 Å². The first kappa shape index (κ1) is 12.0. The van der Waals surface area contributed by atoms with Crippen molar-refractivity contribution in [3.8, 4) is 0 Å². The van der Waals surface area contributed by atoms with Crippen molar-refractivity contribution in [3.63, 3.8) is 0 Å². The van der Waals surface area contributed by atoms with Gasteiger partial charge in [0.15, 0.2) is 0 Å². The molecule has 0 saturated heterocycles. The molecular formula is C10H19ClO. The van der Waals surface area contributed by atoms with Crippen LogP contribution in [0, 0.1) is 0 Å². The molecule has 0 heterocycles. The van der Waals surface area contributed by atoms with E-state index >= 15 is 0 Å². The van der Waals surface area contributed by atoms with Crippen LogP contribution in [0.15, 0.2) is 12.7 Å². The number of hydrogen-bond donors (Lipinski definition) is 1. The molecule has 0 fully saturated rings. The standard InChI is InChI=1S/C10H19ClO/c1-3-5-6-7-8-10(12)9(11)4-2/h4,9-10,12H,2-3,5-8H2,1H3/t9-,10-/m1/s1. The fourth-order valence-electron chi connectivity index (χ4n) is 1.10. The van der Waals surface area contributed by atoms with Crippen LogP contribution in [0.1, 0.15) is 39.0 Å². The Morgan fingerprint density at radius 2 is 2.08 bits per heavy atom. The fraction of sp³-hybridized carbons (Fsp3) is 0.800. The van der Waals surface area contributed by atoms with Crippen LogP contribution < -0.4 is 0 Å². The van der Waals surface area contributed by atoms with Crippen molar-refractivity contribution in [1.82, 2.24) is 0 Å². The van der Waals surface area contributed by atoms with Gasteiger partial charge in [0.05, 0.1) is 11.5 Å². The summed E-state index contributed by atoms with van der Waals surface area (Å²) in [6.07, 6.45) is 6.68. The molecule has 0 saturated carbocycles. The molecule has 0 unspecified atom stereocenters. The third kappa shape index (κ3) is 5.62. The highest BCUT2D eigenvalue weighted by Gasteiger charge is 2.11. The highest BCUT2D eigenvalue weighted by atomic mass is 35.5. The molecule has 0 aromatic heterocycles. The van der Waals surface area contributed by atoms with Gasteiger partial charge in [0.25, 0.3) is 0 Å². The minimum atomic E-state index is -0.416.